The van der Waals surface area contributed by atoms with Gasteiger partial charge in [-0.05, 0) is 29.8 Å². The van der Waals surface area contributed by atoms with Gasteiger partial charge in [-0.25, -0.2) is 4.98 Å². The first kappa shape index (κ1) is 19.9. The van der Waals surface area contributed by atoms with Gasteiger partial charge in [0.25, 0.3) is 5.69 Å². The Kier molecular flexibility index (Phi) is 5.82. The highest BCUT2D eigenvalue weighted by Gasteiger charge is 2.21. The van der Waals surface area contributed by atoms with E-state index >= 15 is 0 Å². The van der Waals surface area contributed by atoms with Gasteiger partial charge in [0.15, 0.2) is 5.78 Å². The Balaban J connectivity index is 1.97. The molecule has 0 bridgehead atoms. The Bertz CT molecular complexity index is 1110. The number of Topliss-reactive ketones (excluding diaryl/α,β-unsaturated/α-hetero) is 1. The van der Waals surface area contributed by atoms with Crippen molar-refractivity contribution >= 4 is 28.3 Å². The van der Waals surface area contributed by atoms with Crippen molar-refractivity contribution in [3.63, 3.8) is 0 Å². The minimum atomic E-state index is -0.548. The number of benzene rings is 2. The van der Waals surface area contributed by atoms with E-state index < -0.39 is 10.9 Å². The summed E-state index contributed by atoms with van der Waals surface area (Å²) in [6, 6.07) is 13.2. The molecule has 0 aliphatic rings. The molecule has 0 saturated heterocycles. The molecule has 8 nitrogen and oxygen atoms in total. The summed E-state index contributed by atoms with van der Waals surface area (Å²) in [6.07, 6.45) is -0.222. The number of esters is 1. The molecule has 0 amide bonds. The number of nitro groups is 1. The van der Waals surface area contributed by atoms with E-state index in [2.05, 4.69) is 4.98 Å². The number of methoxy groups -OCH3 is 1. The van der Waals surface area contributed by atoms with Gasteiger partial charge in [-0.1, -0.05) is 18.2 Å². The maximum absolute atomic E-state index is 13.0. The molecule has 0 radical (unpaired) electrons. The van der Waals surface area contributed by atoms with Crippen molar-refractivity contribution < 1.29 is 24.0 Å². The van der Waals surface area contributed by atoms with Gasteiger partial charge < -0.3 is 9.47 Å². The third-order valence-corrected chi connectivity index (χ3v) is 4.32. The molecule has 0 N–H and O–H groups in total. The maximum atomic E-state index is 13.0. The number of nitrogens with zero attached hydrogens (tertiary/aromatic N) is 2. The van der Waals surface area contributed by atoms with Crippen LogP contribution >= 0.6 is 0 Å². The van der Waals surface area contributed by atoms with Crippen LogP contribution in [0.15, 0.2) is 48.5 Å². The average Bonchev–Trinajstić information content (AvgIpc) is 2.71. The Labute approximate surface area is 166 Å². The van der Waals surface area contributed by atoms with Gasteiger partial charge in [-0.3, -0.25) is 19.7 Å². The number of carbonyl (C=O) groups excluding carboxylic acids is 2. The molecule has 1 heterocycles. The molecule has 1 aromatic heterocycles. The Morgan fingerprint density at radius 3 is 2.59 bits per heavy atom. The standard InChI is InChI=1S/C21H18N2O6/c1-13(24)29-12-14-7-8-19(23(26)27)16(9-14)11-20(25)17-10-15-5-3-4-6-18(15)22-21(17)28-2/h3-10H,11-12H2,1-2H3. The van der Waals surface area contributed by atoms with E-state index in [1.807, 2.05) is 18.2 Å². The highest BCUT2D eigenvalue weighted by molar-refractivity contribution is 6.02. The fourth-order valence-corrected chi connectivity index (χ4v) is 2.96. The number of ether oxygens (including phenoxy) is 2. The van der Waals surface area contributed by atoms with E-state index in [4.69, 9.17) is 9.47 Å². The van der Waals surface area contributed by atoms with Crippen LogP contribution in [0.1, 0.15) is 28.4 Å². The number of para-hydroxylation sites is 1. The molecule has 0 aliphatic carbocycles. The second kappa shape index (κ2) is 8.47. The van der Waals surface area contributed by atoms with E-state index in [0.29, 0.717) is 11.1 Å². The lowest BCUT2D eigenvalue weighted by Crippen LogP contribution is -2.09. The summed E-state index contributed by atoms with van der Waals surface area (Å²) >= 11 is 0. The molecule has 148 valence electrons. The minimum Gasteiger partial charge on any atom is -0.480 e. The van der Waals surface area contributed by atoms with Crippen LogP contribution in [-0.2, 0) is 22.6 Å². The van der Waals surface area contributed by atoms with Crippen LogP contribution in [0.25, 0.3) is 10.9 Å². The number of hydrogen-bond acceptors (Lipinski definition) is 7. The fourth-order valence-electron chi connectivity index (χ4n) is 2.96. The van der Waals surface area contributed by atoms with Gasteiger partial charge >= 0.3 is 5.97 Å². The van der Waals surface area contributed by atoms with Crippen LogP contribution in [0.4, 0.5) is 5.69 Å². The van der Waals surface area contributed by atoms with Gasteiger partial charge in [0, 0.05) is 30.4 Å². The molecule has 0 spiro atoms. The van der Waals surface area contributed by atoms with Crippen molar-refractivity contribution in [1.29, 1.82) is 0 Å². The van der Waals surface area contributed by atoms with E-state index in [9.17, 15) is 19.7 Å². The summed E-state index contributed by atoms with van der Waals surface area (Å²) in [5.41, 5.74) is 1.51. The zero-order valence-electron chi connectivity index (χ0n) is 15.9. The van der Waals surface area contributed by atoms with Crippen molar-refractivity contribution in [2.75, 3.05) is 7.11 Å². The molecule has 0 atom stereocenters. The Morgan fingerprint density at radius 1 is 1.14 bits per heavy atom. The monoisotopic (exact) mass is 394 g/mol. The quantitative estimate of drug-likeness (QED) is 0.260. The number of carbonyl (C=O) groups is 2. The Hall–Kier alpha value is -3.81. The zero-order valence-corrected chi connectivity index (χ0v) is 15.9. The largest absolute Gasteiger partial charge is 0.480 e. The predicted molar refractivity (Wildman–Crippen MR) is 105 cm³/mol. The average molecular weight is 394 g/mol. The summed E-state index contributed by atoms with van der Waals surface area (Å²) in [5.74, 6) is -0.673. The molecule has 3 aromatic rings. The second-order valence-electron chi connectivity index (χ2n) is 6.34. The van der Waals surface area contributed by atoms with E-state index in [0.717, 1.165) is 5.39 Å². The molecule has 29 heavy (non-hydrogen) atoms. The van der Waals surface area contributed by atoms with Crippen molar-refractivity contribution in [3.05, 3.63) is 75.3 Å². The number of nitro benzene ring substituents is 1. The summed E-state index contributed by atoms with van der Waals surface area (Å²) in [4.78, 5) is 39.2. The summed E-state index contributed by atoms with van der Waals surface area (Å²) in [5, 5.41) is 12.1. The minimum absolute atomic E-state index is 0.0324. The molecule has 2 aromatic carbocycles. The third-order valence-electron chi connectivity index (χ3n) is 4.32. The van der Waals surface area contributed by atoms with Crippen LogP contribution in [0.2, 0.25) is 0 Å². The highest BCUT2D eigenvalue weighted by Crippen LogP contribution is 2.27. The van der Waals surface area contributed by atoms with Crippen LogP contribution < -0.4 is 4.74 Å². The van der Waals surface area contributed by atoms with E-state index in [-0.39, 0.29) is 41.5 Å². The lowest BCUT2D eigenvalue weighted by Gasteiger charge is -2.10. The van der Waals surface area contributed by atoms with Crippen molar-refractivity contribution in [2.45, 2.75) is 20.0 Å². The third kappa shape index (κ3) is 4.55. The van der Waals surface area contributed by atoms with Gasteiger partial charge in [-0.15, -0.1) is 0 Å². The number of aromatic nitrogens is 1. The van der Waals surface area contributed by atoms with Gasteiger partial charge in [-0.2, -0.15) is 0 Å². The summed E-state index contributed by atoms with van der Waals surface area (Å²) < 4.78 is 10.2. The second-order valence-corrected chi connectivity index (χ2v) is 6.34. The lowest BCUT2D eigenvalue weighted by atomic mass is 9.99. The molecule has 0 saturated carbocycles. The topological polar surface area (TPSA) is 109 Å². The highest BCUT2D eigenvalue weighted by atomic mass is 16.6. The van der Waals surface area contributed by atoms with E-state index in [1.54, 1.807) is 12.1 Å². The van der Waals surface area contributed by atoms with Crippen molar-refractivity contribution in [1.82, 2.24) is 4.98 Å². The van der Waals surface area contributed by atoms with Gasteiger partial charge in [0.05, 0.1) is 23.1 Å². The molecule has 0 unspecified atom stereocenters. The van der Waals surface area contributed by atoms with Crippen LogP contribution in [0.3, 0.4) is 0 Å². The number of rotatable bonds is 7. The molecular weight excluding hydrogens is 376 g/mol. The van der Waals surface area contributed by atoms with E-state index in [1.165, 1.54) is 32.2 Å². The summed E-state index contributed by atoms with van der Waals surface area (Å²) in [6.45, 7) is 1.24. The molecule has 8 heteroatoms. The summed E-state index contributed by atoms with van der Waals surface area (Å²) in [7, 11) is 1.41. The number of pyridine rings is 1. The SMILES string of the molecule is COc1nc2ccccc2cc1C(=O)Cc1cc(COC(C)=O)ccc1[N+](=O)[O-]. The first-order valence-corrected chi connectivity index (χ1v) is 8.75. The first-order valence-electron chi connectivity index (χ1n) is 8.75. The van der Waals surface area contributed by atoms with Gasteiger partial charge in [0.2, 0.25) is 5.88 Å². The maximum Gasteiger partial charge on any atom is 0.302 e. The van der Waals surface area contributed by atoms with Crippen LogP contribution in [-0.4, -0.2) is 28.8 Å². The molecule has 0 aliphatic heterocycles. The molecule has 0 fully saturated rings. The molecular formula is C21H18N2O6. The number of ketones is 1. The van der Waals surface area contributed by atoms with Gasteiger partial charge in [0.1, 0.15) is 6.61 Å². The van der Waals surface area contributed by atoms with Crippen LogP contribution in [0, 0.1) is 10.1 Å². The zero-order chi connectivity index (χ0) is 21.0. The predicted octanol–water partition coefficient (Wildman–Crippen LogP) is 3.64. The van der Waals surface area contributed by atoms with Crippen LogP contribution in [0.5, 0.6) is 5.88 Å². The Morgan fingerprint density at radius 2 is 1.90 bits per heavy atom. The van der Waals surface area contributed by atoms with Crippen molar-refractivity contribution in [3.8, 4) is 5.88 Å². The fraction of sp³-hybridized carbons (Fsp3) is 0.190. The number of fused-ring (bicyclic) bond motifs is 1. The number of hydrogen-bond donors (Lipinski definition) is 0. The normalized spacial score (nSPS) is 10.6. The first-order chi connectivity index (χ1) is 13.9. The van der Waals surface area contributed by atoms with Crippen molar-refractivity contribution in [2.24, 2.45) is 0 Å². The smallest absolute Gasteiger partial charge is 0.302 e. The lowest BCUT2D eigenvalue weighted by molar-refractivity contribution is -0.385. The molecule has 3 rings (SSSR count).